The van der Waals surface area contributed by atoms with Gasteiger partial charge in [-0.1, -0.05) is 0 Å². The van der Waals surface area contributed by atoms with E-state index in [0.717, 1.165) is 0 Å². The maximum absolute atomic E-state index is 7.27. The monoisotopic (exact) mass is 238 g/mol. The van der Waals surface area contributed by atoms with Gasteiger partial charge in [-0.05, 0) is 0 Å². The van der Waals surface area contributed by atoms with Crippen molar-refractivity contribution in [3.8, 4) is 0 Å². The van der Waals surface area contributed by atoms with Crippen LogP contribution in [0.4, 0.5) is 0 Å². The van der Waals surface area contributed by atoms with Crippen molar-refractivity contribution in [2.24, 2.45) is 0 Å². The summed E-state index contributed by atoms with van der Waals surface area (Å²) in [5.74, 6) is -2.12. The fourth-order valence-electron chi connectivity index (χ4n) is 3.58. The van der Waals surface area contributed by atoms with Crippen LogP contribution in [-0.2, 0) is 0 Å². The van der Waals surface area contributed by atoms with E-state index < -0.39 is 5.96 Å². The van der Waals surface area contributed by atoms with Crippen LogP contribution in [0.5, 0.6) is 0 Å². The Morgan fingerprint density at radius 1 is 0.571 bits per heavy atom. The van der Waals surface area contributed by atoms with Gasteiger partial charge in [0.15, 0.2) is 0 Å². The zero-order valence-electron chi connectivity index (χ0n) is 11.1. The average molecular weight is 239 g/mol. The SMILES string of the molecule is CC(C)P(Cl)(C(C)C)(C(C)C)C(C)C. The molecule has 0 saturated carbocycles. The van der Waals surface area contributed by atoms with Crippen molar-refractivity contribution in [3.05, 3.63) is 0 Å². The number of halogens is 1. The van der Waals surface area contributed by atoms with Crippen molar-refractivity contribution in [3.63, 3.8) is 0 Å². The normalized spacial score (nSPS) is 16.8. The minimum absolute atomic E-state index is 0.614. The fraction of sp³-hybridized carbons (Fsp3) is 1.00. The van der Waals surface area contributed by atoms with Crippen LogP contribution in [0.25, 0.3) is 0 Å². The van der Waals surface area contributed by atoms with Gasteiger partial charge in [-0.25, -0.2) is 0 Å². The van der Waals surface area contributed by atoms with Crippen molar-refractivity contribution >= 4 is 17.2 Å². The Labute approximate surface area is 95.5 Å². The molecule has 88 valence electrons. The summed E-state index contributed by atoms with van der Waals surface area (Å²) in [5.41, 5.74) is 2.45. The van der Waals surface area contributed by atoms with E-state index >= 15 is 0 Å². The van der Waals surface area contributed by atoms with Gasteiger partial charge in [0.2, 0.25) is 0 Å². The predicted molar refractivity (Wildman–Crippen MR) is 73.3 cm³/mol. The van der Waals surface area contributed by atoms with Crippen LogP contribution >= 0.6 is 17.2 Å². The second-order valence-corrected chi connectivity index (χ2v) is 14.7. The minimum atomic E-state index is -2.12. The van der Waals surface area contributed by atoms with E-state index in [2.05, 4.69) is 55.4 Å². The van der Waals surface area contributed by atoms with E-state index in [-0.39, 0.29) is 0 Å². The van der Waals surface area contributed by atoms with Crippen LogP contribution in [0.2, 0.25) is 0 Å². The molecule has 0 atom stereocenters. The van der Waals surface area contributed by atoms with Crippen molar-refractivity contribution in [2.45, 2.75) is 78.0 Å². The number of rotatable bonds is 4. The summed E-state index contributed by atoms with van der Waals surface area (Å²) in [5, 5.41) is 0. The Kier molecular flexibility index (Phi) is 4.52. The summed E-state index contributed by atoms with van der Waals surface area (Å²) in [6.45, 7) is 18.5. The van der Waals surface area contributed by atoms with Gasteiger partial charge < -0.3 is 0 Å². The van der Waals surface area contributed by atoms with E-state index in [1.165, 1.54) is 0 Å². The van der Waals surface area contributed by atoms with E-state index in [1.54, 1.807) is 0 Å². The topological polar surface area (TPSA) is 0 Å². The van der Waals surface area contributed by atoms with Gasteiger partial charge in [0.05, 0.1) is 0 Å². The quantitative estimate of drug-likeness (QED) is 0.581. The molecule has 0 aromatic rings. The second-order valence-electron chi connectivity index (χ2n) is 5.66. The molecule has 0 radical (unpaired) electrons. The molecule has 0 amide bonds. The fourth-order valence-corrected chi connectivity index (χ4v) is 10.7. The standard InChI is InChI=1S/C12H28ClP/c1-9(2)14(13,10(3)4,11(5)6)12(7)8/h9-12H,1-8H3. The van der Waals surface area contributed by atoms with Gasteiger partial charge in [-0.3, -0.25) is 0 Å². The predicted octanol–water partition coefficient (Wildman–Crippen LogP) is 5.33. The van der Waals surface area contributed by atoms with E-state index in [1.807, 2.05) is 0 Å². The van der Waals surface area contributed by atoms with E-state index in [9.17, 15) is 0 Å². The third-order valence-corrected chi connectivity index (χ3v) is 17.8. The molecule has 0 aliphatic rings. The second kappa shape index (κ2) is 4.30. The molecule has 0 aromatic carbocycles. The molecular weight excluding hydrogens is 211 g/mol. The van der Waals surface area contributed by atoms with Crippen molar-refractivity contribution < 1.29 is 0 Å². The maximum atomic E-state index is 7.27. The van der Waals surface area contributed by atoms with Gasteiger partial charge in [0.25, 0.3) is 0 Å². The van der Waals surface area contributed by atoms with Gasteiger partial charge in [-0.2, -0.15) is 0 Å². The van der Waals surface area contributed by atoms with E-state index in [0.29, 0.717) is 22.6 Å². The summed E-state index contributed by atoms with van der Waals surface area (Å²) in [4.78, 5) is 0. The first-order valence-corrected chi connectivity index (χ1v) is 9.24. The molecule has 0 nitrogen and oxygen atoms in total. The average Bonchev–Trinajstić information content (AvgIpc) is 2.00. The Balaban J connectivity index is 5.62. The summed E-state index contributed by atoms with van der Waals surface area (Å²) in [7, 11) is 0. The molecule has 0 heterocycles. The molecule has 0 N–H and O–H groups in total. The number of hydrogen-bond acceptors (Lipinski definition) is 0. The van der Waals surface area contributed by atoms with Gasteiger partial charge >= 0.3 is 95.2 Å². The molecule has 0 fully saturated rings. The van der Waals surface area contributed by atoms with Gasteiger partial charge in [-0.15, -0.1) is 0 Å². The third-order valence-electron chi connectivity index (χ3n) is 4.36. The molecule has 14 heavy (non-hydrogen) atoms. The molecule has 0 aliphatic carbocycles. The molecule has 0 aromatic heterocycles. The summed E-state index contributed by atoms with van der Waals surface area (Å²) in [6, 6.07) is 0. The van der Waals surface area contributed by atoms with Gasteiger partial charge in [0.1, 0.15) is 0 Å². The molecule has 0 spiro atoms. The van der Waals surface area contributed by atoms with Crippen molar-refractivity contribution in [1.29, 1.82) is 0 Å². The molecule has 0 aliphatic heterocycles. The zero-order valence-corrected chi connectivity index (χ0v) is 12.8. The molecule has 0 saturated heterocycles. The van der Waals surface area contributed by atoms with Crippen LogP contribution in [0.1, 0.15) is 55.4 Å². The van der Waals surface area contributed by atoms with Crippen LogP contribution in [-0.4, -0.2) is 22.6 Å². The molecule has 0 rings (SSSR count). The first kappa shape index (κ1) is 14.7. The first-order valence-electron chi connectivity index (χ1n) is 5.82. The van der Waals surface area contributed by atoms with Crippen LogP contribution in [0.15, 0.2) is 0 Å². The Bertz CT molecular complexity index is 151. The van der Waals surface area contributed by atoms with Gasteiger partial charge in [0, 0.05) is 0 Å². The zero-order chi connectivity index (χ0) is 11.8. The summed E-state index contributed by atoms with van der Waals surface area (Å²) in [6.07, 6.45) is 0. The summed E-state index contributed by atoms with van der Waals surface area (Å²) < 4.78 is 0. The Morgan fingerprint density at radius 3 is 0.714 bits per heavy atom. The molecule has 2 heteroatoms. The molecule has 0 unspecified atom stereocenters. The van der Waals surface area contributed by atoms with Crippen molar-refractivity contribution in [1.82, 2.24) is 0 Å². The molecular formula is C12H28ClP. The first-order chi connectivity index (χ1) is 6.10. The molecule has 0 bridgehead atoms. The summed E-state index contributed by atoms with van der Waals surface area (Å²) >= 11 is 7.27. The number of hydrogen-bond donors (Lipinski definition) is 0. The van der Waals surface area contributed by atoms with Crippen LogP contribution < -0.4 is 0 Å². The Morgan fingerprint density at radius 2 is 0.714 bits per heavy atom. The third kappa shape index (κ3) is 1.63. The Hall–Kier alpha value is 0.720. The van der Waals surface area contributed by atoms with Crippen LogP contribution in [0, 0.1) is 0 Å². The van der Waals surface area contributed by atoms with Crippen molar-refractivity contribution in [2.75, 3.05) is 0 Å². The van der Waals surface area contributed by atoms with E-state index in [4.69, 9.17) is 11.2 Å². The van der Waals surface area contributed by atoms with Crippen LogP contribution in [0.3, 0.4) is 0 Å².